The molecule has 0 saturated carbocycles. The molecule has 0 spiro atoms. The van der Waals surface area contributed by atoms with Gasteiger partial charge in [0.25, 0.3) is 0 Å². The monoisotopic (exact) mass is 366 g/mol. The fourth-order valence-corrected chi connectivity index (χ4v) is 4.12. The first kappa shape index (κ1) is 15.8. The van der Waals surface area contributed by atoms with E-state index in [2.05, 4.69) is 35.4 Å². The van der Waals surface area contributed by atoms with Crippen LogP contribution in [0.2, 0.25) is 0 Å². The first-order chi connectivity index (χ1) is 13.3. The van der Waals surface area contributed by atoms with Gasteiger partial charge in [-0.2, -0.15) is 10.1 Å². The standard InChI is InChI=1S/C17H18N8O2/c26-10-25-12-1-2-13(25)16(14-7-18-9-27-14)24(8-12)15-3-4-19-17(23-15)22-11-5-20-21-6-11/h3-7,9-10,12-13,16H,1-2,8H2,(H,20,21)(H,19,22,23)/t12-,13+,16?/m0/s1. The van der Waals surface area contributed by atoms with Crippen molar-refractivity contribution < 1.29 is 9.21 Å². The molecule has 3 aromatic heterocycles. The molecule has 3 aromatic rings. The first-order valence-corrected chi connectivity index (χ1v) is 8.80. The van der Waals surface area contributed by atoms with E-state index >= 15 is 0 Å². The Balaban J connectivity index is 1.50. The Bertz CT molecular complexity index is 913. The van der Waals surface area contributed by atoms with E-state index in [1.807, 2.05) is 11.0 Å². The van der Waals surface area contributed by atoms with Crippen molar-refractivity contribution in [3.63, 3.8) is 0 Å². The van der Waals surface area contributed by atoms with Crippen molar-refractivity contribution in [3.05, 3.63) is 43.0 Å². The molecule has 0 radical (unpaired) electrons. The lowest BCUT2D eigenvalue weighted by atomic mass is 10.0. The number of nitrogens with one attached hydrogen (secondary N) is 2. The maximum atomic E-state index is 11.6. The van der Waals surface area contributed by atoms with E-state index in [9.17, 15) is 4.79 Å². The zero-order valence-corrected chi connectivity index (χ0v) is 14.4. The Hall–Kier alpha value is -3.43. The number of amides is 1. The van der Waals surface area contributed by atoms with E-state index in [0.717, 1.165) is 36.5 Å². The first-order valence-electron chi connectivity index (χ1n) is 8.80. The summed E-state index contributed by atoms with van der Waals surface area (Å²) in [6.07, 6.45) is 11.1. The highest BCUT2D eigenvalue weighted by Gasteiger charge is 2.48. The fraction of sp³-hybridized carbons (Fsp3) is 0.353. The maximum Gasteiger partial charge on any atom is 0.229 e. The number of carbonyl (C=O) groups is 1. The largest absolute Gasteiger partial charge is 0.446 e. The normalized spacial score (nSPS) is 24.2. The molecule has 1 amide bonds. The van der Waals surface area contributed by atoms with Gasteiger partial charge in [-0.05, 0) is 18.9 Å². The van der Waals surface area contributed by atoms with Gasteiger partial charge in [0.05, 0.1) is 24.1 Å². The molecule has 2 aliphatic heterocycles. The van der Waals surface area contributed by atoms with Crippen molar-refractivity contribution in [2.45, 2.75) is 31.0 Å². The van der Waals surface area contributed by atoms with Gasteiger partial charge in [0.2, 0.25) is 12.4 Å². The molecule has 0 aliphatic carbocycles. The van der Waals surface area contributed by atoms with Gasteiger partial charge in [-0.3, -0.25) is 9.89 Å². The van der Waals surface area contributed by atoms with Gasteiger partial charge in [-0.15, -0.1) is 0 Å². The zero-order valence-electron chi connectivity index (χ0n) is 14.4. The predicted octanol–water partition coefficient (Wildman–Crippen LogP) is 1.48. The van der Waals surface area contributed by atoms with E-state index in [-0.39, 0.29) is 18.1 Å². The smallest absolute Gasteiger partial charge is 0.229 e. The maximum absolute atomic E-state index is 11.6. The van der Waals surface area contributed by atoms with Crippen LogP contribution in [-0.4, -0.2) is 55.1 Å². The van der Waals surface area contributed by atoms with E-state index in [0.29, 0.717) is 12.5 Å². The van der Waals surface area contributed by atoms with Crippen LogP contribution in [0.3, 0.4) is 0 Å². The second kappa shape index (κ2) is 6.38. The number of hydrogen-bond donors (Lipinski definition) is 2. The molecule has 5 rings (SSSR count). The molecule has 2 fully saturated rings. The van der Waals surface area contributed by atoms with Gasteiger partial charge < -0.3 is 19.5 Å². The molecule has 2 N–H and O–H groups in total. The summed E-state index contributed by atoms with van der Waals surface area (Å²) in [5.41, 5.74) is 0.782. The van der Waals surface area contributed by atoms with Crippen molar-refractivity contribution in [3.8, 4) is 0 Å². The number of aromatic amines is 1. The number of anilines is 3. The fourth-order valence-electron chi connectivity index (χ4n) is 4.12. The van der Waals surface area contributed by atoms with E-state index in [1.165, 1.54) is 6.39 Å². The lowest BCUT2D eigenvalue weighted by Crippen LogP contribution is -2.55. The van der Waals surface area contributed by atoms with Gasteiger partial charge in [0.15, 0.2) is 6.39 Å². The molecule has 1 unspecified atom stereocenters. The van der Waals surface area contributed by atoms with Gasteiger partial charge >= 0.3 is 0 Å². The predicted molar refractivity (Wildman–Crippen MR) is 95.2 cm³/mol. The second-order valence-electron chi connectivity index (χ2n) is 6.70. The highest BCUT2D eigenvalue weighted by molar-refractivity contribution is 5.56. The van der Waals surface area contributed by atoms with Crippen LogP contribution < -0.4 is 10.2 Å². The second-order valence-corrected chi connectivity index (χ2v) is 6.70. The molecule has 5 heterocycles. The number of oxazole rings is 1. The van der Waals surface area contributed by atoms with Gasteiger partial charge in [0, 0.05) is 25.0 Å². The van der Waals surface area contributed by atoms with Crippen LogP contribution in [0.1, 0.15) is 24.6 Å². The summed E-state index contributed by atoms with van der Waals surface area (Å²) < 4.78 is 5.62. The van der Waals surface area contributed by atoms with E-state index in [1.54, 1.807) is 24.8 Å². The minimum atomic E-state index is -0.131. The molecule has 10 heteroatoms. The molecule has 2 bridgehead atoms. The molecule has 3 atom stereocenters. The molecule has 2 saturated heterocycles. The van der Waals surface area contributed by atoms with Crippen LogP contribution >= 0.6 is 0 Å². The van der Waals surface area contributed by atoms with Crippen molar-refractivity contribution >= 4 is 23.9 Å². The van der Waals surface area contributed by atoms with Crippen LogP contribution in [0, 0.1) is 0 Å². The number of hydrogen-bond acceptors (Lipinski definition) is 8. The average Bonchev–Trinajstić information content (AvgIpc) is 3.44. The van der Waals surface area contributed by atoms with E-state index < -0.39 is 0 Å². The topological polar surface area (TPSA) is 116 Å². The van der Waals surface area contributed by atoms with Crippen molar-refractivity contribution in [2.24, 2.45) is 0 Å². The van der Waals surface area contributed by atoms with Crippen LogP contribution in [0.15, 0.2) is 41.7 Å². The number of H-pyrrole nitrogens is 1. The SMILES string of the molecule is O=CN1[C@H]2CC[C@@H]1C(c1cnco1)N(c1ccnc(Nc3cn[nH]c3)n1)C2. The number of carbonyl (C=O) groups excluding carboxylic acids is 1. The molecule has 10 nitrogen and oxygen atoms in total. The summed E-state index contributed by atoms with van der Waals surface area (Å²) in [5.74, 6) is 1.99. The lowest BCUT2D eigenvalue weighted by Gasteiger charge is -2.45. The van der Waals surface area contributed by atoms with Crippen molar-refractivity contribution in [1.29, 1.82) is 0 Å². The average molecular weight is 366 g/mol. The Morgan fingerprint density at radius 2 is 2.30 bits per heavy atom. The Kier molecular flexibility index (Phi) is 3.73. The third-order valence-electron chi connectivity index (χ3n) is 5.26. The molecular weight excluding hydrogens is 348 g/mol. The summed E-state index contributed by atoms with van der Waals surface area (Å²) in [7, 11) is 0. The van der Waals surface area contributed by atoms with Crippen LogP contribution in [-0.2, 0) is 4.79 Å². The number of piperazine rings is 1. The molecule has 2 aliphatic rings. The van der Waals surface area contributed by atoms with Crippen molar-refractivity contribution in [1.82, 2.24) is 30.0 Å². The summed E-state index contributed by atoms with van der Waals surface area (Å²) in [6.45, 7) is 0.683. The summed E-state index contributed by atoms with van der Waals surface area (Å²) >= 11 is 0. The van der Waals surface area contributed by atoms with Gasteiger partial charge in [-0.1, -0.05) is 0 Å². The van der Waals surface area contributed by atoms with E-state index in [4.69, 9.17) is 4.42 Å². The summed E-state index contributed by atoms with van der Waals surface area (Å²) in [5, 5.41) is 9.79. The third kappa shape index (κ3) is 2.69. The van der Waals surface area contributed by atoms with Crippen molar-refractivity contribution in [2.75, 3.05) is 16.8 Å². The Morgan fingerprint density at radius 1 is 1.33 bits per heavy atom. The van der Waals surface area contributed by atoms with Crippen LogP contribution in [0.5, 0.6) is 0 Å². The number of rotatable bonds is 5. The third-order valence-corrected chi connectivity index (χ3v) is 5.26. The summed E-state index contributed by atoms with van der Waals surface area (Å²) in [4.78, 5) is 28.8. The molecule has 0 aromatic carbocycles. The molecule has 138 valence electrons. The molecule has 27 heavy (non-hydrogen) atoms. The number of aromatic nitrogens is 5. The number of nitrogens with zero attached hydrogens (tertiary/aromatic N) is 6. The van der Waals surface area contributed by atoms with Crippen LogP contribution in [0.4, 0.5) is 17.5 Å². The lowest BCUT2D eigenvalue weighted by molar-refractivity contribution is -0.122. The van der Waals surface area contributed by atoms with Crippen LogP contribution in [0.25, 0.3) is 0 Å². The highest BCUT2D eigenvalue weighted by atomic mass is 16.3. The van der Waals surface area contributed by atoms with Gasteiger partial charge in [0.1, 0.15) is 17.6 Å². The quantitative estimate of drug-likeness (QED) is 0.652. The zero-order chi connectivity index (χ0) is 18.2. The Morgan fingerprint density at radius 3 is 3.07 bits per heavy atom. The molecular formula is C17H18N8O2. The summed E-state index contributed by atoms with van der Waals surface area (Å²) in [6, 6.07) is 1.95. The minimum Gasteiger partial charge on any atom is -0.446 e. The highest BCUT2D eigenvalue weighted by Crippen LogP contribution is 2.42. The van der Waals surface area contributed by atoms with Gasteiger partial charge in [-0.25, -0.2) is 9.97 Å². The minimum absolute atomic E-state index is 0.0365. The Labute approximate surface area is 154 Å². The number of fused-ring (bicyclic) bond motifs is 2.